The Bertz CT molecular complexity index is 610. The number of ether oxygens (including phenoxy) is 2. The van der Waals surface area contributed by atoms with Gasteiger partial charge in [0.2, 0.25) is 0 Å². The topological polar surface area (TPSA) is 35.5 Å². The lowest BCUT2D eigenvalue weighted by atomic mass is 9.80. The van der Waals surface area contributed by atoms with Crippen LogP contribution in [-0.4, -0.2) is 12.6 Å². The average molecular weight is 429 g/mol. The normalized spacial score (nSPS) is 19.4. The highest BCUT2D eigenvalue weighted by molar-refractivity contribution is 6.43. The summed E-state index contributed by atoms with van der Waals surface area (Å²) in [6.45, 7) is 4.98. The first-order valence-corrected chi connectivity index (χ1v) is 11.6. The number of esters is 1. The van der Waals surface area contributed by atoms with Crippen LogP contribution in [0.2, 0.25) is 10.0 Å². The summed E-state index contributed by atoms with van der Waals surface area (Å²) in [5.74, 6) is 1.39. The van der Waals surface area contributed by atoms with E-state index in [-0.39, 0.29) is 16.9 Å². The van der Waals surface area contributed by atoms with Crippen molar-refractivity contribution in [2.45, 2.75) is 84.5 Å². The van der Waals surface area contributed by atoms with Crippen molar-refractivity contribution in [1.82, 2.24) is 0 Å². The maximum atomic E-state index is 12.6. The third-order valence-corrected chi connectivity index (χ3v) is 6.47. The molecular weight excluding hydrogens is 395 g/mol. The zero-order valence-corrected chi connectivity index (χ0v) is 18.8. The van der Waals surface area contributed by atoms with Gasteiger partial charge in [-0.1, -0.05) is 75.6 Å². The van der Waals surface area contributed by atoms with Gasteiger partial charge in [0.15, 0.2) is 5.75 Å². The molecule has 1 saturated carbocycles. The van der Waals surface area contributed by atoms with E-state index in [1.807, 2.05) is 0 Å². The summed E-state index contributed by atoms with van der Waals surface area (Å²) in [5, 5.41) is 0.555. The molecule has 1 aromatic carbocycles. The number of benzene rings is 1. The molecular formula is C23H34Cl2O3. The van der Waals surface area contributed by atoms with Gasteiger partial charge in [0.1, 0.15) is 15.8 Å². The van der Waals surface area contributed by atoms with Crippen LogP contribution in [0.3, 0.4) is 0 Å². The first kappa shape index (κ1) is 23.3. The summed E-state index contributed by atoms with van der Waals surface area (Å²) < 4.78 is 11.3. The molecule has 0 bridgehead atoms. The SMILES string of the molecule is CCCCCOc1ccc(OC(=O)C2CCC(CCCCC)CC2)c(Cl)c1Cl. The molecule has 0 saturated heterocycles. The second-order valence-electron chi connectivity index (χ2n) is 7.88. The molecule has 3 nitrogen and oxygen atoms in total. The maximum Gasteiger partial charge on any atom is 0.314 e. The second kappa shape index (κ2) is 12.6. The van der Waals surface area contributed by atoms with Crippen molar-refractivity contribution in [3.05, 3.63) is 22.2 Å². The minimum absolute atomic E-state index is 0.0396. The third-order valence-electron chi connectivity index (χ3n) is 5.62. The van der Waals surface area contributed by atoms with Gasteiger partial charge in [0.25, 0.3) is 0 Å². The number of hydrogen-bond acceptors (Lipinski definition) is 3. The molecule has 0 heterocycles. The summed E-state index contributed by atoms with van der Waals surface area (Å²) in [6, 6.07) is 3.41. The van der Waals surface area contributed by atoms with Crippen molar-refractivity contribution in [2.24, 2.45) is 11.8 Å². The number of halogens is 2. The molecule has 0 aromatic heterocycles. The zero-order chi connectivity index (χ0) is 20.4. The standard InChI is InChI=1S/C23H34Cl2O3/c1-3-5-7-9-17-10-12-18(13-11-17)23(26)28-20-15-14-19(21(24)22(20)25)27-16-8-6-4-2/h14-15,17-18H,3-13,16H2,1-2H3. The highest BCUT2D eigenvalue weighted by Crippen LogP contribution is 2.40. The molecule has 1 aliphatic carbocycles. The van der Waals surface area contributed by atoms with Gasteiger partial charge < -0.3 is 9.47 Å². The van der Waals surface area contributed by atoms with Crippen molar-refractivity contribution < 1.29 is 14.3 Å². The Labute approximate surface area is 180 Å². The lowest BCUT2D eigenvalue weighted by Gasteiger charge is -2.27. The molecule has 28 heavy (non-hydrogen) atoms. The predicted octanol–water partition coefficient (Wildman–Crippen LogP) is 7.85. The molecule has 0 aliphatic heterocycles. The van der Waals surface area contributed by atoms with Gasteiger partial charge in [-0.15, -0.1) is 0 Å². The van der Waals surface area contributed by atoms with Crippen LogP contribution in [-0.2, 0) is 4.79 Å². The highest BCUT2D eigenvalue weighted by Gasteiger charge is 2.28. The number of hydrogen-bond donors (Lipinski definition) is 0. The summed E-state index contributed by atoms with van der Waals surface area (Å²) in [7, 11) is 0. The van der Waals surface area contributed by atoms with Gasteiger partial charge in [-0.05, 0) is 50.2 Å². The zero-order valence-electron chi connectivity index (χ0n) is 17.3. The molecule has 1 fully saturated rings. The largest absolute Gasteiger partial charge is 0.492 e. The van der Waals surface area contributed by atoms with Crippen molar-refractivity contribution in [3.8, 4) is 11.5 Å². The molecule has 2 rings (SSSR count). The van der Waals surface area contributed by atoms with Crippen molar-refractivity contribution in [2.75, 3.05) is 6.61 Å². The molecule has 0 atom stereocenters. The Morgan fingerprint density at radius 2 is 1.54 bits per heavy atom. The van der Waals surface area contributed by atoms with E-state index in [2.05, 4.69) is 13.8 Å². The van der Waals surface area contributed by atoms with Crippen LogP contribution in [0, 0.1) is 11.8 Å². The summed E-state index contributed by atoms with van der Waals surface area (Å²) in [5.41, 5.74) is 0. The minimum atomic E-state index is -0.193. The highest BCUT2D eigenvalue weighted by atomic mass is 35.5. The number of unbranched alkanes of at least 4 members (excludes halogenated alkanes) is 4. The smallest absolute Gasteiger partial charge is 0.314 e. The van der Waals surface area contributed by atoms with Gasteiger partial charge in [0, 0.05) is 0 Å². The fraction of sp³-hybridized carbons (Fsp3) is 0.696. The van der Waals surface area contributed by atoms with Crippen LogP contribution in [0.1, 0.15) is 84.5 Å². The molecule has 158 valence electrons. The van der Waals surface area contributed by atoms with Crippen LogP contribution in [0.15, 0.2) is 12.1 Å². The van der Waals surface area contributed by atoms with Crippen molar-refractivity contribution in [1.29, 1.82) is 0 Å². The molecule has 1 aromatic rings. The monoisotopic (exact) mass is 428 g/mol. The van der Waals surface area contributed by atoms with Gasteiger partial charge in [-0.25, -0.2) is 0 Å². The Morgan fingerprint density at radius 1 is 0.929 bits per heavy atom. The van der Waals surface area contributed by atoms with E-state index in [4.69, 9.17) is 32.7 Å². The minimum Gasteiger partial charge on any atom is -0.492 e. The van der Waals surface area contributed by atoms with Gasteiger partial charge >= 0.3 is 5.97 Å². The van der Waals surface area contributed by atoms with Crippen LogP contribution < -0.4 is 9.47 Å². The summed E-state index contributed by atoms with van der Waals surface area (Å²) in [6.07, 6.45) is 12.4. The number of carbonyl (C=O) groups excluding carboxylic acids is 1. The molecule has 0 radical (unpaired) electrons. The fourth-order valence-electron chi connectivity index (χ4n) is 3.80. The maximum absolute atomic E-state index is 12.6. The van der Waals surface area contributed by atoms with Crippen molar-refractivity contribution >= 4 is 29.2 Å². The molecule has 0 spiro atoms. The third kappa shape index (κ3) is 7.15. The quantitative estimate of drug-likeness (QED) is 0.204. The average Bonchev–Trinajstić information content (AvgIpc) is 2.71. The van der Waals surface area contributed by atoms with Crippen molar-refractivity contribution in [3.63, 3.8) is 0 Å². The lowest BCUT2D eigenvalue weighted by Crippen LogP contribution is -2.25. The molecule has 5 heteroatoms. The van der Waals surface area contributed by atoms with E-state index in [1.54, 1.807) is 12.1 Å². The van der Waals surface area contributed by atoms with Gasteiger partial charge in [0.05, 0.1) is 12.5 Å². The molecule has 0 unspecified atom stereocenters. The fourth-order valence-corrected chi connectivity index (χ4v) is 4.21. The summed E-state index contributed by atoms with van der Waals surface area (Å²) in [4.78, 5) is 12.6. The molecule has 1 aliphatic rings. The van der Waals surface area contributed by atoms with E-state index >= 15 is 0 Å². The van der Waals surface area contributed by atoms with E-state index in [0.717, 1.165) is 50.9 Å². The Kier molecular flexibility index (Phi) is 10.5. The molecule has 0 amide bonds. The predicted molar refractivity (Wildman–Crippen MR) is 117 cm³/mol. The van der Waals surface area contributed by atoms with E-state index in [0.29, 0.717) is 23.1 Å². The first-order valence-electron chi connectivity index (χ1n) is 10.9. The van der Waals surface area contributed by atoms with Crippen LogP contribution in [0.4, 0.5) is 0 Å². The Balaban J connectivity index is 1.84. The lowest BCUT2D eigenvalue weighted by molar-refractivity contribution is -0.140. The van der Waals surface area contributed by atoms with E-state index in [1.165, 1.54) is 25.7 Å². The summed E-state index contributed by atoms with van der Waals surface area (Å²) >= 11 is 12.6. The van der Waals surface area contributed by atoms with Crippen LogP contribution >= 0.6 is 23.2 Å². The van der Waals surface area contributed by atoms with Gasteiger partial charge in [-0.2, -0.15) is 0 Å². The number of rotatable bonds is 11. The first-order chi connectivity index (χ1) is 13.6. The number of carbonyl (C=O) groups is 1. The van der Waals surface area contributed by atoms with Crippen LogP contribution in [0.5, 0.6) is 11.5 Å². The molecule has 0 N–H and O–H groups in total. The Hall–Kier alpha value is -0.930. The van der Waals surface area contributed by atoms with E-state index in [9.17, 15) is 4.79 Å². The Morgan fingerprint density at radius 3 is 2.21 bits per heavy atom. The van der Waals surface area contributed by atoms with Crippen LogP contribution in [0.25, 0.3) is 0 Å². The second-order valence-corrected chi connectivity index (χ2v) is 8.64. The van der Waals surface area contributed by atoms with Gasteiger partial charge in [-0.3, -0.25) is 4.79 Å². The van der Waals surface area contributed by atoms with E-state index < -0.39 is 0 Å².